The third kappa shape index (κ3) is 3.04. The van der Waals surface area contributed by atoms with Gasteiger partial charge >= 0.3 is 0 Å². The highest BCUT2D eigenvalue weighted by Gasteiger charge is 2.21. The molecule has 3 heterocycles. The quantitative estimate of drug-likeness (QED) is 0.502. The number of fused-ring (bicyclic) bond motifs is 1. The molecule has 5 rings (SSSR count). The molecule has 5 heteroatoms. The summed E-state index contributed by atoms with van der Waals surface area (Å²) in [6, 6.07) is 16.9. The molecule has 2 aromatic heterocycles. The van der Waals surface area contributed by atoms with Gasteiger partial charge in [0.25, 0.3) is 0 Å². The van der Waals surface area contributed by atoms with Crippen LogP contribution in [0.4, 0.5) is 5.82 Å². The second kappa shape index (κ2) is 7.09. The number of pyridine rings is 1. The predicted molar refractivity (Wildman–Crippen MR) is 114 cm³/mol. The standard InChI is InChI=1S/C23H23N5/c24-23-20(18-6-5-15-3-1-2-4-17(15)11-18)12-19(13-26-23)21-14-27-28-22(21)16-7-9-25-10-8-16/h1-6,11-14,16,25H,7-10H2,(H2,24,26)(H,27,28). The number of benzene rings is 2. The average molecular weight is 369 g/mol. The van der Waals surface area contributed by atoms with Crippen molar-refractivity contribution >= 4 is 16.6 Å². The third-order valence-corrected chi connectivity index (χ3v) is 5.71. The predicted octanol–water partition coefficient (Wildman–Crippen LogP) is 4.34. The van der Waals surface area contributed by atoms with E-state index < -0.39 is 0 Å². The molecular formula is C23H23N5. The van der Waals surface area contributed by atoms with E-state index in [4.69, 9.17) is 5.73 Å². The number of hydrogen-bond acceptors (Lipinski definition) is 4. The summed E-state index contributed by atoms with van der Waals surface area (Å²) in [6.07, 6.45) is 6.01. The van der Waals surface area contributed by atoms with E-state index in [9.17, 15) is 0 Å². The Labute approximate surface area is 164 Å². The van der Waals surface area contributed by atoms with Crippen LogP contribution in [0.15, 0.2) is 60.9 Å². The molecule has 28 heavy (non-hydrogen) atoms. The normalized spacial score (nSPS) is 15.1. The highest BCUT2D eigenvalue weighted by Crippen LogP contribution is 2.35. The van der Waals surface area contributed by atoms with Crippen molar-refractivity contribution < 1.29 is 0 Å². The Kier molecular flexibility index (Phi) is 4.29. The van der Waals surface area contributed by atoms with E-state index in [2.05, 4.69) is 69.0 Å². The fourth-order valence-electron chi connectivity index (χ4n) is 4.16. The van der Waals surface area contributed by atoms with Crippen LogP contribution in [0.5, 0.6) is 0 Å². The zero-order valence-electron chi connectivity index (χ0n) is 15.7. The van der Waals surface area contributed by atoms with Crippen LogP contribution in [-0.2, 0) is 0 Å². The highest BCUT2D eigenvalue weighted by molar-refractivity contribution is 5.90. The molecule has 0 amide bonds. The monoisotopic (exact) mass is 369 g/mol. The minimum Gasteiger partial charge on any atom is -0.383 e. The number of aromatic amines is 1. The minimum absolute atomic E-state index is 0.500. The Morgan fingerprint density at radius 2 is 1.68 bits per heavy atom. The van der Waals surface area contributed by atoms with Crippen molar-refractivity contribution in [3.05, 3.63) is 66.6 Å². The second-order valence-corrected chi connectivity index (χ2v) is 7.44. The van der Waals surface area contributed by atoms with Crippen molar-refractivity contribution in [2.24, 2.45) is 0 Å². The molecule has 0 radical (unpaired) electrons. The Bertz CT molecular complexity index is 1120. The van der Waals surface area contributed by atoms with Crippen molar-refractivity contribution in [2.75, 3.05) is 18.8 Å². The molecule has 0 atom stereocenters. The number of aromatic nitrogens is 3. The molecule has 0 aliphatic carbocycles. The van der Waals surface area contributed by atoms with E-state index in [0.29, 0.717) is 11.7 Å². The van der Waals surface area contributed by atoms with Crippen LogP contribution in [0.2, 0.25) is 0 Å². The first-order valence-corrected chi connectivity index (χ1v) is 9.78. The number of nitrogens with two attached hydrogens (primary N) is 1. The molecule has 4 aromatic rings. The van der Waals surface area contributed by atoms with E-state index in [0.717, 1.165) is 48.2 Å². The maximum Gasteiger partial charge on any atom is 0.131 e. The molecular weight excluding hydrogens is 346 g/mol. The molecule has 5 nitrogen and oxygen atoms in total. The maximum atomic E-state index is 6.26. The zero-order valence-corrected chi connectivity index (χ0v) is 15.7. The molecule has 4 N–H and O–H groups in total. The van der Waals surface area contributed by atoms with E-state index in [-0.39, 0.29) is 0 Å². The Hall–Kier alpha value is -3.18. The van der Waals surface area contributed by atoms with E-state index >= 15 is 0 Å². The molecule has 2 aromatic carbocycles. The minimum atomic E-state index is 0.500. The Balaban J connectivity index is 1.57. The first kappa shape index (κ1) is 17.0. The van der Waals surface area contributed by atoms with Gasteiger partial charge in [-0.05, 0) is 54.4 Å². The van der Waals surface area contributed by atoms with Gasteiger partial charge in [-0.25, -0.2) is 4.98 Å². The molecule has 1 saturated heterocycles. The lowest BCUT2D eigenvalue weighted by Gasteiger charge is -2.22. The molecule has 0 saturated carbocycles. The van der Waals surface area contributed by atoms with Crippen LogP contribution in [0.3, 0.4) is 0 Å². The van der Waals surface area contributed by atoms with Gasteiger partial charge in [0.2, 0.25) is 0 Å². The van der Waals surface area contributed by atoms with Crippen molar-refractivity contribution in [3.8, 4) is 22.3 Å². The summed E-state index contributed by atoms with van der Waals surface area (Å²) in [6.45, 7) is 2.09. The first-order valence-electron chi connectivity index (χ1n) is 9.78. The number of nitrogens with zero attached hydrogens (tertiary/aromatic N) is 2. The largest absolute Gasteiger partial charge is 0.383 e. The van der Waals surface area contributed by atoms with Crippen LogP contribution < -0.4 is 11.1 Å². The summed E-state index contributed by atoms with van der Waals surface area (Å²) in [7, 11) is 0. The van der Waals surface area contributed by atoms with Gasteiger partial charge in [-0.15, -0.1) is 0 Å². The van der Waals surface area contributed by atoms with Crippen molar-refractivity contribution in [3.63, 3.8) is 0 Å². The summed E-state index contributed by atoms with van der Waals surface area (Å²) in [5.74, 6) is 1.05. The van der Waals surface area contributed by atoms with Crippen LogP contribution >= 0.6 is 0 Å². The van der Waals surface area contributed by atoms with Crippen molar-refractivity contribution in [2.45, 2.75) is 18.8 Å². The lowest BCUT2D eigenvalue weighted by Crippen LogP contribution is -2.27. The summed E-state index contributed by atoms with van der Waals surface area (Å²) in [4.78, 5) is 4.50. The topological polar surface area (TPSA) is 79.6 Å². The van der Waals surface area contributed by atoms with E-state index in [1.807, 2.05) is 12.4 Å². The van der Waals surface area contributed by atoms with Crippen LogP contribution in [0, 0.1) is 0 Å². The number of nitrogens with one attached hydrogen (secondary N) is 2. The van der Waals surface area contributed by atoms with Gasteiger partial charge in [-0.1, -0.05) is 36.4 Å². The fourth-order valence-corrected chi connectivity index (χ4v) is 4.16. The summed E-state index contributed by atoms with van der Waals surface area (Å²) in [5.41, 5.74) is 11.7. The van der Waals surface area contributed by atoms with Gasteiger partial charge in [0, 0.05) is 34.5 Å². The SMILES string of the molecule is Nc1ncc(-c2cn[nH]c2C2CCNCC2)cc1-c1ccc2ccccc2c1. The number of anilines is 1. The number of hydrogen-bond donors (Lipinski definition) is 3. The Morgan fingerprint density at radius 3 is 2.54 bits per heavy atom. The fraction of sp³-hybridized carbons (Fsp3) is 0.217. The number of H-pyrrole nitrogens is 1. The van der Waals surface area contributed by atoms with Crippen LogP contribution in [-0.4, -0.2) is 28.3 Å². The third-order valence-electron chi connectivity index (χ3n) is 5.71. The molecule has 140 valence electrons. The van der Waals surface area contributed by atoms with Gasteiger partial charge in [-0.3, -0.25) is 5.10 Å². The molecule has 0 spiro atoms. The average Bonchev–Trinajstić information content (AvgIpc) is 3.24. The molecule has 1 aliphatic heterocycles. The number of rotatable bonds is 3. The number of nitrogen functional groups attached to an aromatic ring is 1. The second-order valence-electron chi connectivity index (χ2n) is 7.44. The van der Waals surface area contributed by atoms with Crippen LogP contribution in [0.25, 0.3) is 33.0 Å². The molecule has 0 unspecified atom stereocenters. The van der Waals surface area contributed by atoms with E-state index in [1.54, 1.807) is 0 Å². The van der Waals surface area contributed by atoms with Gasteiger partial charge in [0.1, 0.15) is 5.82 Å². The smallest absolute Gasteiger partial charge is 0.131 e. The van der Waals surface area contributed by atoms with Gasteiger partial charge in [0.15, 0.2) is 0 Å². The first-order chi connectivity index (χ1) is 13.8. The van der Waals surface area contributed by atoms with Crippen molar-refractivity contribution in [1.82, 2.24) is 20.5 Å². The molecule has 1 fully saturated rings. The Morgan fingerprint density at radius 1 is 0.857 bits per heavy atom. The number of piperidine rings is 1. The maximum absolute atomic E-state index is 6.26. The van der Waals surface area contributed by atoms with Gasteiger partial charge in [-0.2, -0.15) is 5.10 Å². The summed E-state index contributed by atoms with van der Waals surface area (Å²) >= 11 is 0. The lowest BCUT2D eigenvalue weighted by molar-refractivity contribution is 0.453. The van der Waals surface area contributed by atoms with Crippen molar-refractivity contribution in [1.29, 1.82) is 0 Å². The zero-order chi connectivity index (χ0) is 18.9. The van der Waals surface area contributed by atoms with Gasteiger partial charge < -0.3 is 11.1 Å². The molecule has 0 bridgehead atoms. The van der Waals surface area contributed by atoms with Crippen LogP contribution in [0.1, 0.15) is 24.5 Å². The summed E-state index contributed by atoms with van der Waals surface area (Å²) < 4.78 is 0. The highest BCUT2D eigenvalue weighted by atomic mass is 15.1. The summed E-state index contributed by atoms with van der Waals surface area (Å²) in [5, 5.41) is 13.4. The molecule has 1 aliphatic rings. The van der Waals surface area contributed by atoms with E-state index in [1.165, 1.54) is 16.5 Å². The van der Waals surface area contributed by atoms with Gasteiger partial charge in [0.05, 0.1) is 6.20 Å². The lowest BCUT2D eigenvalue weighted by atomic mass is 9.90.